The van der Waals surface area contributed by atoms with Crippen LogP contribution >= 0.6 is 0 Å². The van der Waals surface area contributed by atoms with Crippen molar-refractivity contribution in [3.05, 3.63) is 41.5 Å². The summed E-state index contributed by atoms with van der Waals surface area (Å²) in [7, 11) is -3.91. The molecule has 178 valence electrons. The molecule has 0 fully saturated rings. The molecule has 2 aromatic rings. The van der Waals surface area contributed by atoms with Gasteiger partial charge < -0.3 is 15.0 Å². The van der Waals surface area contributed by atoms with Crippen LogP contribution in [-0.4, -0.2) is 33.4 Å². The smallest absolute Gasteiger partial charge is 0.261 e. The van der Waals surface area contributed by atoms with Gasteiger partial charge >= 0.3 is 0 Å². The van der Waals surface area contributed by atoms with Crippen LogP contribution in [0.4, 0.5) is 17.1 Å². The van der Waals surface area contributed by atoms with Crippen molar-refractivity contribution in [2.24, 2.45) is 5.41 Å². The lowest BCUT2D eigenvalue weighted by molar-refractivity contribution is -0.127. The molecule has 0 aromatic heterocycles. The zero-order chi connectivity index (χ0) is 24.6. The van der Waals surface area contributed by atoms with Crippen LogP contribution in [-0.2, 0) is 19.6 Å². The summed E-state index contributed by atoms with van der Waals surface area (Å²) in [4.78, 5) is 26.3. The summed E-state index contributed by atoms with van der Waals surface area (Å²) in [6.45, 7) is 11.3. The molecule has 0 bridgehead atoms. The van der Waals surface area contributed by atoms with Gasteiger partial charge in [-0.3, -0.25) is 14.3 Å². The molecule has 33 heavy (non-hydrogen) atoms. The first-order chi connectivity index (χ1) is 15.4. The molecule has 0 saturated heterocycles. The molecule has 1 heterocycles. The minimum absolute atomic E-state index is 0.0667. The number of fused-ring (bicyclic) bond motifs is 1. The van der Waals surface area contributed by atoms with Crippen LogP contribution in [0.15, 0.2) is 35.2 Å². The number of nitrogens with zero attached hydrogens (tertiary/aromatic N) is 1. The Labute approximate surface area is 195 Å². The van der Waals surface area contributed by atoms with Crippen molar-refractivity contribution in [1.29, 1.82) is 0 Å². The van der Waals surface area contributed by atoms with Crippen molar-refractivity contribution in [1.82, 2.24) is 0 Å². The molecule has 0 spiro atoms. The lowest BCUT2D eigenvalue weighted by Crippen LogP contribution is -2.42. The molecule has 1 aliphatic rings. The van der Waals surface area contributed by atoms with Crippen LogP contribution in [0.3, 0.4) is 0 Å². The van der Waals surface area contributed by atoms with E-state index in [1.165, 1.54) is 19.1 Å². The van der Waals surface area contributed by atoms with Gasteiger partial charge in [-0.15, -0.1) is 0 Å². The molecular formula is C24H31N3O5S. The molecular weight excluding hydrogens is 442 g/mol. The average molecular weight is 474 g/mol. The van der Waals surface area contributed by atoms with Gasteiger partial charge in [0.25, 0.3) is 10.0 Å². The van der Waals surface area contributed by atoms with Crippen LogP contribution in [0.2, 0.25) is 0 Å². The summed E-state index contributed by atoms with van der Waals surface area (Å²) in [5.41, 5.74) is 2.05. The lowest BCUT2D eigenvalue weighted by Gasteiger charge is -2.28. The van der Waals surface area contributed by atoms with E-state index in [1.807, 2.05) is 20.8 Å². The number of carbonyl (C=O) groups is 2. The molecule has 9 heteroatoms. The van der Waals surface area contributed by atoms with Crippen LogP contribution in [0.25, 0.3) is 0 Å². The number of carbonyl (C=O) groups excluding carboxylic acids is 2. The van der Waals surface area contributed by atoms with Gasteiger partial charge in [-0.25, -0.2) is 8.42 Å². The highest BCUT2D eigenvalue weighted by Gasteiger charge is 2.37. The highest BCUT2D eigenvalue weighted by molar-refractivity contribution is 7.92. The third kappa shape index (κ3) is 5.13. The Balaban J connectivity index is 1.97. The summed E-state index contributed by atoms with van der Waals surface area (Å²) in [6, 6.07) is 7.97. The summed E-state index contributed by atoms with van der Waals surface area (Å²) in [5, 5.41) is 2.73. The SMILES string of the molecule is CCCN1C(=O)C(C)(C)COc2ccc(NS(=O)(=O)c3cc(C)c(NC(C)=O)c(C)c3)cc21. The van der Waals surface area contributed by atoms with Gasteiger partial charge in [0.1, 0.15) is 12.4 Å². The van der Waals surface area contributed by atoms with E-state index in [0.717, 1.165) is 6.42 Å². The molecule has 1 aliphatic heterocycles. The Morgan fingerprint density at radius 3 is 2.36 bits per heavy atom. The number of aryl methyl sites for hydroxylation is 2. The maximum absolute atomic E-state index is 13.1. The number of hydrogen-bond donors (Lipinski definition) is 2. The Morgan fingerprint density at radius 2 is 1.79 bits per heavy atom. The number of nitrogens with one attached hydrogen (secondary N) is 2. The Bertz CT molecular complexity index is 1180. The third-order valence-corrected chi connectivity index (χ3v) is 6.84. The first kappa shape index (κ1) is 24.6. The van der Waals surface area contributed by atoms with E-state index >= 15 is 0 Å². The molecule has 0 saturated carbocycles. The number of sulfonamides is 1. The van der Waals surface area contributed by atoms with E-state index in [9.17, 15) is 18.0 Å². The summed E-state index contributed by atoms with van der Waals surface area (Å²) in [5.74, 6) is 0.246. The zero-order valence-corrected chi connectivity index (χ0v) is 20.7. The summed E-state index contributed by atoms with van der Waals surface area (Å²) in [6.07, 6.45) is 0.746. The number of anilines is 3. The van der Waals surface area contributed by atoms with Crippen molar-refractivity contribution in [3.63, 3.8) is 0 Å². The van der Waals surface area contributed by atoms with E-state index < -0.39 is 15.4 Å². The second-order valence-corrected chi connectivity index (χ2v) is 10.7. The molecule has 2 amide bonds. The standard InChI is InChI=1S/C24H31N3O5S/c1-7-10-27-20-13-18(8-9-21(20)32-14-24(5,6)23(27)29)26-33(30,31)19-11-15(2)22(16(3)12-19)25-17(4)28/h8-9,11-13,26H,7,10,14H2,1-6H3,(H,25,28). The molecule has 2 aromatic carbocycles. The van der Waals surface area contributed by atoms with E-state index in [1.54, 1.807) is 36.9 Å². The minimum atomic E-state index is -3.91. The molecule has 0 unspecified atom stereocenters. The van der Waals surface area contributed by atoms with Gasteiger partial charge in [0, 0.05) is 19.2 Å². The molecule has 0 aliphatic carbocycles. The van der Waals surface area contributed by atoms with Gasteiger partial charge in [-0.1, -0.05) is 6.92 Å². The highest BCUT2D eigenvalue weighted by Crippen LogP contribution is 2.39. The predicted molar refractivity (Wildman–Crippen MR) is 129 cm³/mol. The number of benzene rings is 2. The third-order valence-electron chi connectivity index (χ3n) is 5.48. The summed E-state index contributed by atoms with van der Waals surface area (Å²) < 4.78 is 34.8. The zero-order valence-electron chi connectivity index (χ0n) is 19.9. The maximum atomic E-state index is 13.1. The number of hydrogen-bond acceptors (Lipinski definition) is 5. The lowest BCUT2D eigenvalue weighted by atomic mass is 9.93. The van der Waals surface area contributed by atoms with Gasteiger partial charge in [0.2, 0.25) is 11.8 Å². The fourth-order valence-electron chi connectivity index (χ4n) is 3.82. The quantitative estimate of drug-likeness (QED) is 0.653. The van der Waals surface area contributed by atoms with Crippen LogP contribution in [0.5, 0.6) is 5.75 Å². The summed E-state index contributed by atoms with van der Waals surface area (Å²) >= 11 is 0. The van der Waals surface area contributed by atoms with Gasteiger partial charge in [0.15, 0.2) is 0 Å². The number of rotatable bonds is 6. The monoisotopic (exact) mass is 473 g/mol. The van der Waals surface area contributed by atoms with Gasteiger partial charge in [-0.2, -0.15) is 0 Å². The minimum Gasteiger partial charge on any atom is -0.490 e. The predicted octanol–water partition coefficient (Wildman–Crippen LogP) is 4.22. The van der Waals surface area contributed by atoms with Crippen molar-refractivity contribution >= 4 is 38.9 Å². The first-order valence-corrected chi connectivity index (χ1v) is 12.3. The Hall–Kier alpha value is -3.07. The largest absolute Gasteiger partial charge is 0.490 e. The van der Waals surface area contributed by atoms with E-state index in [4.69, 9.17) is 4.74 Å². The fraction of sp³-hybridized carbons (Fsp3) is 0.417. The normalized spacial score (nSPS) is 15.3. The van der Waals surface area contributed by atoms with Crippen molar-refractivity contribution in [2.45, 2.75) is 52.9 Å². The second kappa shape index (κ2) is 9.05. The van der Waals surface area contributed by atoms with Gasteiger partial charge in [0.05, 0.1) is 21.7 Å². The highest BCUT2D eigenvalue weighted by atomic mass is 32.2. The molecule has 0 atom stereocenters. The van der Waals surface area contributed by atoms with E-state index in [0.29, 0.717) is 40.5 Å². The molecule has 0 radical (unpaired) electrons. The topological polar surface area (TPSA) is 105 Å². The van der Waals surface area contributed by atoms with E-state index in [2.05, 4.69) is 10.0 Å². The van der Waals surface area contributed by atoms with Crippen molar-refractivity contribution in [3.8, 4) is 5.75 Å². The number of ether oxygens (including phenoxy) is 1. The molecule has 2 N–H and O–H groups in total. The van der Waals surface area contributed by atoms with Crippen LogP contribution < -0.4 is 19.7 Å². The van der Waals surface area contributed by atoms with E-state index in [-0.39, 0.29) is 23.3 Å². The average Bonchev–Trinajstić information content (AvgIpc) is 2.80. The van der Waals surface area contributed by atoms with Crippen molar-refractivity contribution < 1.29 is 22.7 Å². The van der Waals surface area contributed by atoms with Crippen LogP contribution in [0, 0.1) is 19.3 Å². The molecule has 8 nitrogen and oxygen atoms in total. The number of amides is 2. The molecule has 3 rings (SSSR count). The van der Waals surface area contributed by atoms with Crippen molar-refractivity contribution in [2.75, 3.05) is 28.1 Å². The van der Waals surface area contributed by atoms with Gasteiger partial charge in [-0.05, 0) is 75.6 Å². The van der Waals surface area contributed by atoms with Crippen LogP contribution in [0.1, 0.15) is 45.2 Å². The Morgan fingerprint density at radius 1 is 1.15 bits per heavy atom. The first-order valence-electron chi connectivity index (χ1n) is 10.9. The Kier molecular flexibility index (Phi) is 6.74. The second-order valence-electron chi connectivity index (χ2n) is 9.03. The maximum Gasteiger partial charge on any atom is 0.261 e. The fourth-order valence-corrected chi connectivity index (χ4v) is 5.04.